The van der Waals surface area contributed by atoms with E-state index in [0.29, 0.717) is 42.9 Å². The number of carbonyl (C=O) groups is 2. The van der Waals surface area contributed by atoms with E-state index in [9.17, 15) is 9.59 Å². The van der Waals surface area contributed by atoms with Crippen molar-refractivity contribution in [2.24, 2.45) is 0 Å². The van der Waals surface area contributed by atoms with Crippen molar-refractivity contribution < 1.29 is 33.3 Å². The van der Waals surface area contributed by atoms with Crippen LogP contribution in [0.15, 0.2) is 97.5 Å². The fourth-order valence-electron chi connectivity index (χ4n) is 4.19. The second kappa shape index (κ2) is 13.0. The van der Waals surface area contributed by atoms with Gasteiger partial charge in [0.05, 0.1) is 6.61 Å². The number of rotatable bonds is 0. The van der Waals surface area contributed by atoms with Crippen LogP contribution in [0.25, 0.3) is 0 Å². The molecule has 6 bridgehead atoms. The zero-order valence-electron chi connectivity index (χ0n) is 22.9. The molecule has 0 saturated heterocycles. The molecule has 7 nitrogen and oxygen atoms in total. The Morgan fingerprint density at radius 2 is 1.15 bits per heavy atom. The maximum absolute atomic E-state index is 12.5. The maximum atomic E-state index is 12.5. The largest absolute Gasteiger partial charge is 0.519 e. The predicted octanol–water partition coefficient (Wildman–Crippen LogP) is 7.40. The number of benzene rings is 3. The second-order valence-electron chi connectivity index (χ2n) is 10.0. The average molecular weight is 543 g/mol. The van der Waals surface area contributed by atoms with Crippen LogP contribution >= 0.6 is 0 Å². The van der Waals surface area contributed by atoms with Crippen LogP contribution in [0, 0.1) is 0 Å². The molecule has 8 rings (SSSR count). The van der Waals surface area contributed by atoms with Gasteiger partial charge in [-0.05, 0) is 72.5 Å². The molecule has 0 N–H and O–H groups in total. The van der Waals surface area contributed by atoms with Crippen LogP contribution in [0.2, 0.25) is 0 Å². The van der Waals surface area contributed by atoms with Crippen LogP contribution in [-0.4, -0.2) is 31.8 Å². The van der Waals surface area contributed by atoms with Gasteiger partial charge in [0.15, 0.2) is 5.78 Å². The minimum atomic E-state index is -0.934. The number of Topliss-reactive ketones (excluding diaryl/α,β-unsaturated/α-hetero) is 1. The molecule has 0 radical (unpaired) electrons. The zero-order valence-corrected chi connectivity index (χ0v) is 22.9. The van der Waals surface area contributed by atoms with Gasteiger partial charge in [0, 0.05) is 17.4 Å². The first-order valence-electron chi connectivity index (χ1n) is 13.2. The van der Waals surface area contributed by atoms with Crippen molar-refractivity contribution in [2.75, 3.05) is 19.8 Å². The standard InChI is InChI=1S/C33H34O7/c1-23-21-37-28-16-10-26(11-17-28)33(3,4)27-12-18-29(19-13-27)38-22-24(2)39-32(35)40-30-14-8-25(9-15-30)31(34)7-5-6-20-36-23/h8-19H,1-2,5-7,20-22H2,3-4H3. The van der Waals surface area contributed by atoms with Crippen LogP contribution in [0.5, 0.6) is 17.2 Å². The van der Waals surface area contributed by atoms with E-state index >= 15 is 0 Å². The normalized spacial score (nSPS) is 17.1. The Labute approximate surface area is 235 Å². The second-order valence-corrected chi connectivity index (χ2v) is 10.0. The number of hydrogen-bond acceptors (Lipinski definition) is 7. The minimum Gasteiger partial charge on any atom is -0.495 e. The molecule has 40 heavy (non-hydrogen) atoms. The minimum absolute atomic E-state index is 0.00497. The van der Waals surface area contributed by atoms with Gasteiger partial charge in [0.25, 0.3) is 0 Å². The molecule has 0 atom stereocenters. The summed E-state index contributed by atoms with van der Waals surface area (Å²) >= 11 is 0. The molecule has 5 aliphatic rings. The van der Waals surface area contributed by atoms with Crippen LogP contribution in [0.3, 0.4) is 0 Å². The number of carbonyl (C=O) groups excluding carboxylic acids is 2. The number of ether oxygens (including phenoxy) is 5. The third kappa shape index (κ3) is 7.76. The van der Waals surface area contributed by atoms with Crippen LogP contribution in [-0.2, 0) is 14.9 Å². The molecule has 0 aromatic heterocycles. The van der Waals surface area contributed by atoms with Crippen molar-refractivity contribution in [3.8, 4) is 17.2 Å². The fourth-order valence-corrected chi connectivity index (χ4v) is 4.19. The summed E-state index contributed by atoms with van der Waals surface area (Å²) in [5.74, 6) is 2.22. The molecule has 0 saturated carbocycles. The van der Waals surface area contributed by atoms with E-state index in [4.69, 9.17) is 23.7 Å². The zero-order chi connectivity index (χ0) is 28.5. The lowest BCUT2D eigenvalue weighted by Gasteiger charge is -2.26. The Morgan fingerprint density at radius 3 is 1.73 bits per heavy atom. The quantitative estimate of drug-likeness (QED) is 0.216. The van der Waals surface area contributed by atoms with Crippen molar-refractivity contribution in [1.82, 2.24) is 0 Å². The molecule has 208 valence electrons. The van der Waals surface area contributed by atoms with Gasteiger partial charge in [-0.2, -0.15) is 0 Å². The van der Waals surface area contributed by atoms with Crippen molar-refractivity contribution in [3.05, 3.63) is 114 Å². The number of hydrogen-bond donors (Lipinski definition) is 0. The lowest BCUT2D eigenvalue weighted by molar-refractivity contribution is 0.0974. The van der Waals surface area contributed by atoms with Crippen molar-refractivity contribution in [1.29, 1.82) is 0 Å². The highest BCUT2D eigenvalue weighted by Gasteiger charge is 2.23. The van der Waals surface area contributed by atoms with Crippen LogP contribution < -0.4 is 14.2 Å². The number of ketones is 1. The fraction of sp³-hybridized carbons (Fsp3) is 0.273. The van der Waals surface area contributed by atoms with E-state index in [1.165, 1.54) is 0 Å². The molecule has 0 amide bonds. The van der Waals surface area contributed by atoms with Gasteiger partial charge < -0.3 is 23.7 Å². The third-order valence-corrected chi connectivity index (χ3v) is 6.66. The SMILES string of the molecule is C=C1COc2ccc(cc2)C(C)(C)c2ccc(cc2)OCC(=C)OC(=O)Oc2ccc(cc2)C(=O)CCCCO1. The Hall–Kier alpha value is -4.52. The third-order valence-electron chi connectivity index (χ3n) is 6.66. The van der Waals surface area contributed by atoms with Crippen molar-refractivity contribution in [2.45, 2.75) is 38.5 Å². The van der Waals surface area contributed by atoms with Crippen LogP contribution in [0.1, 0.15) is 54.6 Å². The summed E-state index contributed by atoms with van der Waals surface area (Å²) in [7, 11) is 0. The summed E-state index contributed by atoms with van der Waals surface area (Å²) in [5.41, 5.74) is 2.50. The summed E-state index contributed by atoms with van der Waals surface area (Å²) in [6, 6.07) is 22.0. The molecule has 0 aliphatic carbocycles. The van der Waals surface area contributed by atoms with Gasteiger partial charge in [0.1, 0.15) is 42.0 Å². The van der Waals surface area contributed by atoms with Crippen molar-refractivity contribution >= 4 is 11.9 Å². The summed E-state index contributed by atoms with van der Waals surface area (Å²) in [6.07, 6.45) is 0.813. The van der Waals surface area contributed by atoms with Crippen LogP contribution in [0.4, 0.5) is 4.79 Å². The Morgan fingerprint density at radius 1 is 0.625 bits per heavy atom. The Balaban J connectivity index is 1.46. The first kappa shape index (κ1) is 28.5. The molecule has 0 unspecified atom stereocenters. The molecule has 3 aromatic rings. The Bertz CT molecular complexity index is 1340. The van der Waals surface area contributed by atoms with Gasteiger partial charge >= 0.3 is 6.16 Å². The van der Waals surface area contributed by atoms with Gasteiger partial charge in [-0.3, -0.25) is 4.79 Å². The summed E-state index contributed by atoms with van der Waals surface area (Å²) in [5, 5.41) is 0. The highest BCUT2D eigenvalue weighted by Crippen LogP contribution is 2.33. The highest BCUT2D eigenvalue weighted by molar-refractivity contribution is 5.96. The molecule has 7 heteroatoms. The smallest absolute Gasteiger partial charge is 0.495 e. The lowest BCUT2D eigenvalue weighted by Crippen LogP contribution is -2.18. The van der Waals surface area contributed by atoms with E-state index in [-0.39, 0.29) is 35.9 Å². The highest BCUT2D eigenvalue weighted by atomic mass is 16.7. The molecule has 0 fully saturated rings. The molecule has 0 spiro atoms. The molecular weight excluding hydrogens is 508 g/mol. The van der Waals surface area contributed by atoms with E-state index < -0.39 is 6.16 Å². The van der Waals surface area contributed by atoms with E-state index in [1.807, 2.05) is 48.5 Å². The maximum Gasteiger partial charge on any atom is 0.519 e. The lowest BCUT2D eigenvalue weighted by atomic mass is 9.78. The van der Waals surface area contributed by atoms with E-state index in [2.05, 4.69) is 27.0 Å². The average Bonchev–Trinajstić information content (AvgIpc) is 2.95. The summed E-state index contributed by atoms with van der Waals surface area (Å²) in [4.78, 5) is 24.7. The molecular formula is C33H34O7. The molecule has 3 aromatic carbocycles. The van der Waals surface area contributed by atoms with Gasteiger partial charge in [-0.1, -0.05) is 51.3 Å². The summed E-state index contributed by atoms with van der Waals surface area (Å²) < 4.78 is 27.6. The predicted molar refractivity (Wildman–Crippen MR) is 152 cm³/mol. The topological polar surface area (TPSA) is 80.3 Å². The molecule has 5 heterocycles. The monoisotopic (exact) mass is 542 g/mol. The van der Waals surface area contributed by atoms with Gasteiger partial charge in [0.2, 0.25) is 0 Å². The first-order chi connectivity index (χ1) is 19.2. The van der Waals surface area contributed by atoms with Crippen molar-refractivity contribution in [3.63, 3.8) is 0 Å². The Kier molecular flexibility index (Phi) is 9.27. The van der Waals surface area contributed by atoms with Gasteiger partial charge in [-0.15, -0.1) is 0 Å². The summed E-state index contributed by atoms with van der Waals surface area (Å²) in [6.45, 7) is 12.6. The van der Waals surface area contributed by atoms with E-state index in [1.54, 1.807) is 24.3 Å². The molecule has 5 aliphatic heterocycles. The first-order valence-corrected chi connectivity index (χ1v) is 13.2. The van der Waals surface area contributed by atoms with E-state index in [0.717, 1.165) is 16.9 Å². The van der Waals surface area contributed by atoms with Gasteiger partial charge in [-0.25, -0.2) is 4.79 Å². The number of fused-ring (bicyclic) bond motifs is 1.